The second-order valence-electron chi connectivity index (χ2n) is 4.70. The summed E-state index contributed by atoms with van der Waals surface area (Å²) in [5, 5.41) is 9.66. The molecule has 114 valence electrons. The highest BCUT2D eigenvalue weighted by molar-refractivity contribution is 9.10. The summed E-state index contributed by atoms with van der Waals surface area (Å²) in [5.41, 5.74) is 2.43. The van der Waals surface area contributed by atoms with Crippen molar-refractivity contribution in [2.75, 3.05) is 11.8 Å². The lowest BCUT2D eigenvalue weighted by Crippen LogP contribution is -2.17. The summed E-state index contributed by atoms with van der Waals surface area (Å²) >= 11 is 3.40. The highest BCUT2D eigenvalue weighted by atomic mass is 79.9. The van der Waals surface area contributed by atoms with Gasteiger partial charge in [0.1, 0.15) is 4.90 Å². The van der Waals surface area contributed by atoms with Gasteiger partial charge in [-0.05, 0) is 48.5 Å². The minimum absolute atomic E-state index is 0.185. The fraction of sp³-hybridized carbons (Fsp3) is 0.308. The highest BCUT2D eigenvalue weighted by Gasteiger charge is 2.24. The molecule has 0 fully saturated rings. The molecule has 0 saturated heterocycles. The van der Waals surface area contributed by atoms with Crippen LogP contribution in [0.4, 0.5) is 5.69 Å². The van der Waals surface area contributed by atoms with Crippen LogP contribution in [-0.4, -0.2) is 25.7 Å². The minimum atomic E-state index is -3.71. The molecule has 1 heterocycles. The lowest BCUT2D eigenvalue weighted by atomic mass is 10.2. The molecule has 0 aliphatic carbocycles. The van der Waals surface area contributed by atoms with E-state index in [1.165, 1.54) is 0 Å². The Morgan fingerprint density at radius 3 is 2.71 bits per heavy atom. The zero-order chi connectivity index (χ0) is 15.6. The maximum Gasteiger partial charge on any atom is 0.265 e. The molecule has 2 aromatic rings. The number of sulfonamides is 1. The van der Waals surface area contributed by atoms with Gasteiger partial charge in [0.25, 0.3) is 10.0 Å². The lowest BCUT2D eigenvalue weighted by molar-refractivity contribution is 0.598. The van der Waals surface area contributed by atoms with E-state index in [2.05, 4.69) is 36.2 Å². The van der Waals surface area contributed by atoms with Crippen LogP contribution in [0.5, 0.6) is 0 Å². The van der Waals surface area contributed by atoms with Crippen LogP contribution in [0.25, 0.3) is 0 Å². The van der Waals surface area contributed by atoms with Gasteiger partial charge in [-0.2, -0.15) is 5.10 Å². The Labute approximate surface area is 132 Å². The number of anilines is 1. The van der Waals surface area contributed by atoms with Crippen LogP contribution in [0.15, 0.2) is 27.6 Å². The molecule has 0 bridgehead atoms. The average molecular weight is 373 g/mol. The molecule has 8 heteroatoms. The summed E-state index contributed by atoms with van der Waals surface area (Å²) in [6.45, 7) is 3.96. The highest BCUT2D eigenvalue weighted by Crippen LogP contribution is 2.29. The molecule has 21 heavy (non-hydrogen) atoms. The molecule has 0 radical (unpaired) electrons. The molecule has 0 saturated carbocycles. The number of aryl methyl sites for hydroxylation is 2. The molecule has 1 aromatic heterocycles. The number of benzene rings is 1. The van der Waals surface area contributed by atoms with E-state index in [0.717, 1.165) is 10.0 Å². The van der Waals surface area contributed by atoms with E-state index >= 15 is 0 Å². The molecular weight excluding hydrogens is 356 g/mol. The topological polar surface area (TPSA) is 86.9 Å². The fourth-order valence-corrected chi connectivity index (χ4v) is 3.97. The van der Waals surface area contributed by atoms with Crippen molar-refractivity contribution in [1.29, 1.82) is 0 Å². The molecule has 0 atom stereocenters. The molecule has 0 aliphatic rings. The molecule has 6 nitrogen and oxygen atoms in total. The largest absolute Gasteiger partial charge is 0.314 e. The second kappa shape index (κ2) is 6.17. The Kier molecular flexibility index (Phi) is 4.70. The van der Waals surface area contributed by atoms with Gasteiger partial charge in [-0.1, -0.05) is 12.1 Å². The van der Waals surface area contributed by atoms with Gasteiger partial charge in [-0.15, -0.1) is 0 Å². The lowest BCUT2D eigenvalue weighted by Gasteiger charge is -2.12. The van der Waals surface area contributed by atoms with Gasteiger partial charge in [0.2, 0.25) is 0 Å². The molecule has 1 aromatic carbocycles. The van der Waals surface area contributed by atoms with E-state index in [-0.39, 0.29) is 4.90 Å². The number of nitrogens with zero attached hydrogens (tertiary/aromatic N) is 1. The van der Waals surface area contributed by atoms with Gasteiger partial charge in [0.05, 0.1) is 17.1 Å². The Morgan fingerprint density at radius 2 is 2.05 bits per heavy atom. The molecule has 2 rings (SSSR count). The number of H-pyrrole nitrogens is 1. The van der Waals surface area contributed by atoms with Crippen molar-refractivity contribution in [3.63, 3.8) is 0 Å². The summed E-state index contributed by atoms with van der Waals surface area (Å²) in [6, 6.07) is 5.41. The monoisotopic (exact) mass is 372 g/mol. The minimum Gasteiger partial charge on any atom is -0.314 e. The number of rotatable bonds is 5. The fourth-order valence-electron chi connectivity index (χ4n) is 2.04. The summed E-state index contributed by atoms with van der Waals surface area (Å²) in [5.74, 6) is 0. The number of aromatic nitrogens is 2. The third-order valence-electron chi connectivity index (χ3n) is 3.01. The molecule has 0 aliphatic heterocycles. The van der Waals surface area contributed by atoms with E-state index < -0.39 is 10.0 Å². The number of hydrogen-bond donors (Lipinski definition) is 3. The number of aromatic amines is 1. The smallest absolute Gasteiger partial charge is 0.265 e. The van der Waals surface area contributed by atoms with Crippen molar-refractivity contribution in [2.45, 2.75) is 25.3 Å². The SMILES string of the molecule is CNCc1n[nH]c(C)c1S(=O)(=O)Nc1cccc(C)c1Br. The summed E-state index contributed by atoms with van der Waals surface area (Å²) < 4.78 is 28.6. The standard InChI is InChI=1S/C13H17BrN4O2S/c1-8-5-4-6-10(12(8)14)18-21(19,20)13-9(2)16-17-11(13)7-15-3/h4-6,15,18H,7H2,1-3H3,(H,16,17). The molecular formula is C13H17BrN4O2S. The predicted octanol–water partition coefficient (Wildman–Crippen LogP) is 2.31. The van der Waals surface area contributed by atoms with Crippen LogP contribution in [-0.2, 0) is 16.6 Å². The van der Waals surface area contributed by atoms with Crippen molar-refractivity contribution < 1.29 is 8.42 Å². The van der Waals surface area contributed by atoms with Crippen LogP contribution in [0.2, 0.25) is 0 Å². The first-order valence-corrected chi connectivity index (χ1v) is 8.61. The zero-order valence-corrected chi connectivity index (χ0v) is 14.4. The number of nitrogens with one attached hydrogen (secondary N) is 3. The maximum atomic E-state index is 12.6. The van der Waals surface area contributed by atoms with Gasteiger partial charge in [-0.3, -0.25) is 9.82 Å². The van der Waals surface area contributed by atoms with Gasteiger partial charge >= 0.3 is 0 Å². The Bertz CT molecular complexity index is 756. The van der Waals surface area contributed by atoms with E-state index in [0.29, 0.717) is 23.6 Å². The average Bonchev–Trinajstić information content (AvgIpc) is 2.77. The van der Waals surface area contributed by atoms with Crippen LogP contribution in [0.3, 0.4) is 0 Å². The van der Waals surface area contributed by atoms with Crippen LogP contribution in [0, 0.1) is 13.8 Å². The van der Waals surface area contributed by atoms with E-state index in [4.69, 9.17) is 0 Å². The first-order valence-electron chi connectivity index (χ1n) is 6.33. The predicted molar refractivity (Wildman–Crippen MR) is 85.8 cm³/mol. The van der Waals surface area contributed by atoms with Gasteiger partial charge in [-0.25, -0.2) is 8.42 Å². The van der Waals surface area contributed by atoms with E-state index in [1.807, 2.05) is 13.0 Å². The van der Waals surface area contributed by atoms with Crippen molar-refractivity contribution in [2.24, 2.45) is 0 Å². The van der Waals surface area contributed by atoms with Crippen LogP contribution < -0.4 is 10.0 Å². The molecule has 3 N–H and O–H groups in total. The Balaban J connectivity index is 2.44. The van der Waals surface area contributed by atoms with Gasteiger partial charge in [0, 0.05) is 11.0 Å². The van der Waals surface area contributed by atoms with Gasteiger partial charge < -0.3 is 5.32 Å². The quantitative estimate of drug-likeness (QED) is 0.751. The first kappa shape index (κ1) is 16.0. The van der Waals surface area contributed by atoms with Crippen molar-refractivity contribution in [3.8, 4) is 0 Å². The summed E-state index contributed by atoms with van der Waals surface area (Å²) in [4.78, 5) is 0.185. The summed E-state index contributed by atoms with van der Waals surface area (Å²) in [6.07, 6.45) is 0. The maximum absolute atomic E-state index is 12.6. The molecule has 0 amide bonds. The Hall–Kier alpha value is -1.38. The summed E-state index contributed by atoms with van der Waals surface area (Å²) in [7, 11) is -1.97. The zero-order valence-electron chi connectivity index (χ0n) is 12.0. The van der Waals surface area contributed by atoms with E-state index in [9.17, 15) is 8.42 Å². The Morgan fingerprint density at radius 1 is 1.33 bits per heavy atom. The third kappa shape index (κ3) is 3.28. The van der Waals surface area contributed by atoms with Crippen molar-refractivity contribution in [1.82, 2.24) is 15.5 Å². The van der Waals surface area contributed by atoms with Crippen LogP contribution in [0.1, 0.15) is 17.0 Å². The van der Waals surface area contributed by atoms with Gasteiger partial charge in [0.15, 0.2) is 0 Å². The number of halogens is 1. The van der Waals surface area contributed by atoms with Crippen molar-refractivity contribution >= 4 is 31.6 Å². The first-order chi connectivity index (χ1) is 9.86. The van der Waals surface area contributed by atoms with Crippen molar-refractivity contribution in [3.05, 3.63) is 39.6 Å². The second-order valence-corrected chi connectivity index (χ2v) is 7.11. The third-order valence-corrected chi connectivity index (χ3v) is 5.63. The molecule has 0 unspecified atom stereocenters. The van der Waals surface area contributed by atoms with Crippen LogP contribution >= 0.6 is 15.9 Å². The normalized spacial score (nSPS) is 11.6. The number of hydrogen-bond acceptors (Lipinski definition) is 4. The molecule has 0 spiro atoms. The van der Waals surface area contributed by atoms with E-state index in [1.54, 1.807) is 26.1 Å².